The predicted molar refractivity (Wildman–Crippen MR) is 142 cm³/mol. The van der Waals surface area contributed by atoms with Crippen molar-refractivity contribution in [3.8, 4) is 11.5 Å². The lowest BCUT2D eigenvalue weighted by Crippen LogP contribution is -2.09. The summed E-state index contributed by atoms with van der Waals surface area (Å²) < 4.78 is 21.4. The molecule has 0 aliphatic rings. The monoisotopic (exact) mass is 525 g/mol. The van der Waals surface area contributed by atoms with Crippen LogP contribution in [0.15, 0.2) is 60.7 Å². The van der Waals surface area contributed by atoms with E-state index < -0.39 is 11.9 Å². The topological polar surface area (TPSA) is 108 Å². The Balaban J connectivity index is 1.65. The van der Waals surface area contributed by atoms with Gasteiger partial charge in [0.05, 0.1) is 37.6 Å². The van der Waals surface area contributed by atoms with Gasteiger partial charge in [0.15, 0.2) is 0 Å². The standard InChI is InChI=1S/C30H37O8/c1-23(2)28(32)36-21-10-6-5-8-20-35-26-15-11-25(12-16-26)30(34)38-27-17-13-24(14-18-27)29(33)37-22-9-4-3-7-19-31/h11-18H,1,3-10,19-22H2,2H3. The highest BCUT2D eigenvalue weighted by Crippen LogP contribution is 2.18. The number of hydrogen-bond donors (Lipinski definition) is 0. The fourth-order valence-corrected chi connectivity index (χ4v) is 3.35. The summed E-state index contributed by atoms with van der Waals surface area (Å²) >= 11 is 0. The maximum atomic E-state index is 12.4. The normalized spacial score (nSPS) is 10.5. The van der Waals surface area contributed by atoms with E-state index in [1.54, 1.807) is 55.5 Å². The molecule has 0 unspecified atom stereocenters. The first-order valence-electron chi connectivity index (χ1n) is 13.0. The van der Waals surface area contributed by atoms with Crippen LogP contribution in [0.5, 0.6) is 11.5 Å². The summed E-state index contributed by atoms with van der Waals surface area (Å²) in [6.07, 6.45) is 6.62. The first-order valence-corrected chi connectivity index (χ1v) is 13.0. The summed E-state index contributed by atoms with van der Waals surface area (Å²) in [5.41, 5.74) is 1.15. The molecule has 0 heterocycles. The minimum atomic E-state index is -0.516. The van der Waals surface area contributed by atoms with Crippen molar-refractivity contribution in [3.05, 3.63) is 71.8 Å². The Morgan fingerprint density at radius 1 is 0.632 bits per heavy atom. The molecule has 0 N–H and O–H groups in total. The molecular weight excluding hydrogens is 488 g/mol. The molecule has 0 spiro atoms. The van der Waals surface area contributed by atoms with Crippen molar-refractivity contribution in [3.63, 3.8) is 0 Å². The van der Waals surface area contributed by atoms with Gasteiger partial charge in [0, 0.05) is 5.57 Å². The second-order valence-electron chi connectivity index (χ2n) is 8.87. The molecule has 0 atom stereocenters. The Morgan fingerprint density at radius 3 is 1.71 bits per heavy atom. The maximum absolute atomic E-state index is 12.4. The molecular formula is C30H37O8. The molecule has 205 valence electrons. The summed E-state index contributed by atoms with van der Waals surface area (Å²) in [6.45, 7) is 6.35. The molecule has 0 aromatic heterocycles. The van der Waals surface area contributed by atoms with Gasteiger partial charge in [0.1, 0.15) is 11.5 Å². The van der Waals surface area contributed by atoms with Gasteiger partial charge in [0.25, 0.3) is 0 Å². The second-order valence-corrected chi connectivity index (χ2v) is 8.87. The van der Waals surface area contributed by atoms with Gasteiger partial charge in [-0.15, -0.1) is 0 Å². The molecule has 2 rings (SSSR count). The average molecular weight is 526 g/mol. The Bertz CT molecular complexity index is 1010. The summed E-state index contributed by atoms with van der Waals surface area (Å²) in [4.78, 5) is 35.8. The molecule has 2 aromatic rings. The van der Waals surface area contributed by atoms with Crippen molar-refractivity contribution in [1.82, 2.24) is 0 Å². The van der Waals surface area contributed by atoms with Gasteiger partial charge in [-0.1, -0.05) is 13.0 Å². The Hall–Kier alpha value is -3.65. The first kappa shape index (κ1) is 30.6. The SMILES string of the molecule is C=C(C)C(=O)OCCCCCCOc1ccc(C(=O)Oc2ccc(C(=O)OCCCCCC[O])cc2)cc1. The highest BCUT2D eigenvalue weighted by Gasteiger charge is 2.11. The molecule has 0 amide bonds. The van der Waals surface area contributed by atoms with Crippen LogP contribution in [-0.2, 0) is 19.4 Å². The first-order chi connectivity index (χ1) is 18.4. The van der Waals surface area contributed by atoms with Gasteiger partial charge in [-0.2, -0.15) is 0 Å². The number of carbonyl (C=O) groups is 3. The highest BCUT2D eigenvalue weighted by atomic mass is 16.5. The van der Waals surface area contributed by atoms with Crippen LogP contribution >= 0.6 is 0 Å². The minimum absolute atomic E-state index is 0.0719. The van der Waals surface area contributed by atoms with Gasteiger partial charge in [-0.3, -0.25) is 0 Å². The van der Waals surface area contributed by atoms with Gasteiger partial charge < -0.3 is 18.9 Å². The minimum Gasteiger partial charge on any atom is -0.494 e. The number of ether oxygens (including phenoxy) is 4. The summed E-state index contributed by atoms with van der Waals surface area (Å²) in [6, 6.07) is 12.9. The van der Waals surface area contributed by atoms with Crippen molar-refractivity contribution >= 4 is 17.9 Å². The molecule has 2 aromatic carbocycles. The lowest BCUT2D eigenvalue weighted by atomic mass is 10.2. The van der Waals surface area contributed by atoms with E-state index in [2.05, 4.69) is 6.58 Å². The fraction of sp³-hybridized carbons (Fsp3) is 0.433. The largest absolute Gasteiger partial charge is 0.494 e. The van der Waals surface area contributed by atoms with Crippen LogP contribution in [0.3, 0.4) is 0 Å². The Labute approximate surface area is 224 Å². The number of esters is 3. The molecule has 8 nitrogen and oxygen atoms in total. The lowest BCUT2D eigenvalue weighted by Gasteiger charge is -2.08. The smallest absolute Gasteiger partial charge is 0.343 e. The third-order valence-corrected chi connectivity index (χ3v) is 5.55. The Kier molecular flexibility index (Phi) is 14.3. The van der Waals surface area contributed by atoms with Crippen LogP contribution in [-0.4, -0.2) is 44.3 Å². The molecule has 0 fully saturated rings. The third-order valence-electron chi connectivity index (χ3n) is 5.55. The molecule has 1 radical (unpaired) electrons. The number of rotatable bonds is 18. The number of hydrogen-bond acceptors (Lipinski definition) is 7. The van der Waals surface area contributed by atoms with Crippen molar-refractivity contribution in [2.45, 2.75) is 58.3 Å². The molecule has 38 heavy (non-hydrogen) atoms. The van der Waals surface area contributed by atoms with Crippen molar-refractivity contribution in [1.29, 1.82) is 0 Å². The number of unbranched alkanes of at least 4 members (excludes halogenated alkanes) is 6. The second kappa shape index (κ2) is 17.7. The molecule has 0 saturated heterocycles. The maximum Gasteiger partial charge on any atom is 0.343 e. The highest BCUT2D eigenvalue weighted by molar-refractivity contribution is 5.92. The van der Waals surface area contributed by atoms with Gasteiger partial charge in [-0.25, -0.2) is 19.5 Å². The summed E-state index contributed by atoms with van der Waals surface area (Å²) in [7, 11) is 0. The van der Waals surface area contributed by atoms with Crippen LogP contribution < -0.4 is 9.47 Å². The molecule has 0 aliphatic heterocycles. The van der Waals surface area contributed by atoms with Crippen LogP contribution in [0.1, 0.15) is 79.0 Å². The number of carbonyl (C=O) groups excluding carboxylic acids is 3. The van der Waals surface area contributed by atoms with Crippen LogP contribution in [0.2, 0.25) is 0 Å². The average Bonchev–Trinajstić information content (AvgIpc) is 2.92. The molecule has 8 heteroatoms. The van der Waals surface area contributed by atoms with Crippen LogP contribution in [0, 0.1) is 0 Å². The van der Waals surface area contributed by atoms with E-state index >= 15 is 0 Å². The molecule has 0 saturated carbocycles. The predicted octanol–water partition coefficient (Wildman–Crippen LogP) is 6.11. The van der Waals surface area contributed by atoms with Gasteiger partial charge in [0.2, 0.25) is 0 Å². The zero-order chi connectivity index (χ0) is 27.6. The summed E-state index contributed by atoms with van der Waals surface area (Å²) in [5.74, 6) is -0.333. The van der Waals surface area contributed by atoms with E-state index in [0.717, 1.165) is 44.9 Å². The summed E-state index contributed by atoms with van der Waals surface area (Å²) in [5, 5.41) is 10.4. The molecule has 0 aliphatic carbocycles. The number of benzene rings is 2. The van der Waals surface area contributed by atoms with E-state index in [0.29, 0.717) is 54.4 Å². The third kappa shape index (κ3) is 12.1. The van der Waals surface area contributed by atoms with E-state index in [-0.39, 0.29) is 12.6 Å². The Morgan fingerprint density at radius 2 is 1.13 bits per heavy atom. The van der Waals surface area contributed by atoms with Crippen LogP contribution in [0.25, 0.3) is 0 Å². The van der Waals surface area contributed by atoms with Gasteiger partial charge >= 0.3 is 17.9 Å². The van der Waals surface area contributed by atoms with E-state index in [1.165, 1.54) is 0 Å². The van der Waals surface area contributed by atoms with E-state index in [4.69, 9.17) is 18.9 Å². The van der Waals surface area contributed by atoms with Gasteiger partial charge in [-0.05, 0) is 100 Å². The quantitative estimate of drug-likeness (QED) is 0.0999. The van der Waals surface area contributed by atoms with Crippen molar-refractivity contribution in [2.75, 3.05) is 26.4 Å². The van der Waals surface area contributed by atoms with Crippen molar-refractivity contribution < 1.29 is 38.4 Å². The fourth-order valence-electron chi connectivity index (χ4n) is 3.35. The zero-order valence-electron chi connectivity index (χ0n) is 22.1. The van der Waals surface area contributed by atoms with E-state index in [9.17, 15) is 19.5 Å². The molecule has 0 bridgehead atoms. The van der Waals surface area contributed by atoms with Crippen LogP contribution in [0.4, 0.5) is 0 Å². The van der Waals surface area contributed by atoms with Crippen molar-refractivity contribution in [2.24, 2.45) is 0 Å². The van der Waals surface area contributed by atoms with E-state index in [1.807, 2.05) is 0 Å². The lowest BCUT2D eigenvalue weighted by molar-refractivity contribution is -0.139. The zero-order valence-corrected chi connectivity index (χ0v) is 22.1.